The summed E-state index contributed by atoms with van der Waals surface area (Å²) in [6.07, 6.45) is 3.18. The predicted octanol–water partition coefficient (Wildman–Crippen LogP) is 7.21. The van der Waals surface area contributed by atoms with Crippen LogP contribution < -0.4 is 10.2 Å². The molecule has 3 aromatic rings. The van der Waals surface area contributed by atoms with Crippen LogP contribution in [0.4, 0.5) is 18.9 Å². The Balaban J connectivity index is 1.33. The molecular weight excluding hydrogens is 509 g/mol. The number of aliphatic hydroxyl groups excluding tert-OH is 1. The fraction of sp³-hybridized carbons (Fsp3) is 0.412. The summed E-state index contributed by atoms with van der Waals surface area (Å²) in [7, 11) is 0. The van der Waals surface area contributed by atoms with Gasteiger partial charge >= 0.3 is 6.18 Å². The molecule has 0 spiro atoms. The molecule has 3 aromatic carbocycles. The van der Waals surface area contributed by atoms with Crippen molar-refractivity contribution in [3.63, 3.8) is 0 Å². The summed E-state index contributed by atoms with van der Waals surface area (Å²) < 4.78 is 40.4. The van der Waals surface area contributed by atoms with E-state index in [0.29, 0.717) is 19.5 Å². The highest BCUT2D eigenvalue weighted by molar-refractivity contribution is 5.95. The Hall–Kier alpha value is -3.09. The summed E-state index contributed by atoms with van der Waals surface area (Å²) in [5.41, 5.74) is 10.9. The molecule has 1 saturated heterocycles. The van der Waals surface area contributed by atoms with Gasteiger partial charge in [-0.15, -0.1) is 0 Å². The van der Waals surface area contributed by atoms with Gasteiger partial charge in [0.05, 0.1) is 12.1 Å². The van der Waals surface area contributed by atoms with E-state index in [2.05, 4.69) is 77.0 Å². The lowest BCUT2D eigenvalue weighted by atomic mass is 9.78. The van der Waals surface area contributed by atoms with Gasteiger partial charge in [-0.05, 0) is 83.0 Å². The maximum absolute atomic E-state index is 13.5. The van der Waals surface area contributed by atoms with Crippen LogP contribution in [-0.2, 0) is 6.42 Å². The van der Waals surface area contributed by atoms with E-state index in [1.54, 1.807) is 0 Å². The first-order chi connectivity index (χ1) is 19.4. The van der Waals surface area contributed by atoms with Crippen molar-refractivity contribution in [3.8, 4) is 11.1 Å². The number of anilines is 1. The van der Waals surface area contributed by atoms with Crippen molar-refractivity contribution >= 4 is 11.3 Å². The molecule has 4 atom stereocenters. The van der Waals surface area contributed by atoms with Gasteiger partial charge in [0.1, 0.15) is 6.04 Å². The van der Waals surface area contributed by atoms with Crippen molar-refractivity contribution in [1.29, 1.82) is 0 Å². The Kier molecular flexibility index (Phi) is 6.51. The summed E-state index contributed by atoms with van der Waals surface area (Å²) in [5, 5.41) is 13.7. The van der Waals surface area contributed by atoms with Gasteiger partial charge in [0.15, 0.2) is 0 Å². The fourth-order valence-corrected chi connectivity index (χ4v) is 7.65. The highest BCUT2D eigenvalue weighted by Gasteiger charge is 2.42. The molecule has 2 N–H and O–H groups in total. The minimum atomic E-state index is -4.22. The number of fused-ring (bicyclic) bond motifs is 4. The van der Waals surface area contributed by atoms with Crippen molar-refractivity contribution in [2.24, 2.45) is 0 Å². The number of rotatable bonds is 3. The van der Waals surface area contributed by atoms with Crippen molar-refractivity contribution in [2.75, 3.05) is 18.0 Å². The molecule has 2 aliphatic heterocycles. The first-order valence-electron chi connectivity index (χ1n) is 14.7. The highest BCUT2D eigenvalue weighted by Crippen LogP contribution is 2.48. The van der Waals surface area contributed by atoms with Crippen LogP contribution in [0.2, 0.25) is 0 Å². The number of nitrogens with one attached hydrogen (secondary N) is 1. The molecule has 0 aromatic heterocycles. The average molecular weight is 545 g/mol. The Bertz CT molecular complexity index is 1450. The second-order valence-electron chi connectivity index (χ2n) is 11.9. The molecule has 7 rings (SSSR count). The van der Waals surface area contributed by atoms with E-state index in [-0.39, 0.29) is 24.5 Å². The van der Waals surface area contributed by atoms with Gasteiger partial charge in [0, 0.05) is 24.3 Å². The van der Waals surface area contributed by atoms with Crippen LogP contribution in [0.25, 0.3) is 16.7 Å². The Morgan fingerprint density at radius 2 is 1.60 bits per heavy atom. The number of hydrogen-bond donors (Lipinski definition) is 2. The molecule has 6 heteroatoms. The maximum Gasteiger partial charge on any atom is 0.403 e. The minimum absolute atomic E-state index is 0.00821. The van der Waals surface area contributed by atoms with E-state index in [1.807, 2.05) is 0 Å². The highest BCUT2D eigenvalue weighted by atomic mass is 19.4. The third-order valence-corrected chi connectivity index (χ3v) is 9.63. The van der Waals surface area contributed by atoms with Crippen molar-refractivity contribution in [3.05, 3.63) is 94.6 Å². The number of hydrogen-bond acceptors (Lipinski definition) is 3. The van der Waals surface area contributed by atoms with E-state index in [1.165, 1.54) is 33.4 Å². The molecule has 3 nitrogen and oxygen atoms in total. The number of benzene rings is 3. The van der Waals surface area contributed by atoms with Crippen LogP contribution in [0.15, 0.2) is 66.7 Å². The normalized spacial score (nSPS) is 26.1. The molecule has 2 fully saturated rings. The third kappa shape index (κ3) is 4.36. The SMILES string of the molecule is O[C@H]1CCCC[C@@H]1N1CC=C(c2c(C3CCC(C(F)(F)F)NC3)ccc3c2Cc2ccccc2-3)c2ccccc21. The number of piperidine rings is 1. The molecule has 2 heterocycles. The molecule has 4 aliphatic rings. The first kappa shape index (κ1) is 25.8. The van der Waals surface area contributed by atoms with E-state index >= 15 is 0 Å². The zero-order valence-corrected chi connectivity index (χ0v) is 22.6. The molecule has 2 unspecified atom stereocenters. The number of para-hydroxylation sites is 1. The van der Waals surface area contributed by atoms with Gasteiger partial charge in [-0.3, -0.25) is 0 Å². The molecule has 0 radical (unpaired) electrons. The monoisotopic (exact) mass is 544 g/mol. The summed E-state index contributed by atoms with van der Waals surface area (Å²) in [6, 6.07) is 20.0. The third-order valence-electron chi connectivity index (χ3n) is 9.63. The minimum Gasteiger partial charge on any atom is -0.391 e. The lowest BCUT2D eigenvalue weighted by Gasteiger charge is -2.42. The number of aliphatic hydroxyl groups is 1. The van der Waals surface area contributed by atoms with Crippen LogP contribution in [0.3, 0.4) is 0 Å². The molecule has 2 aliphatic carbocycles. The lowest BCUT2D eigenvalue weighted by Crippen LogP contribution is -2.47. The largest absolute Gasteiger partial charge is 0.403 e. The van der Waals surface area contributed by atoms with Gasteiger partial charge in [0.25, 0.3) is 0 Å². The molecule has 1 saturated carbocycles. The molecular formula is C34H35F3N2O. The predicted molar refractivity (Wildman–Crippen MR) is 154 cm³/mol. The Morgan fingerprint density at radius 3 is 2.38 bits per heavy atom. The van der Waals surface area contributed by atoms with Crippen molar-refractivity contribution in [2.45, 2.75) is 75.2 Å². The smallest absolute Gasteiger partial charge is 0.391 e. The quantitative estimate of drug-likeness (QED) is 0.286. The van der Waals surface area contributed by atoms with E-state index in [4.69, 9.17) is 0 Å². The van der Waals surface area contributed by atoms with Crippen molar-refractivity contribution in [1.82, 2.24) is 5.32 Å². The topological polar surface area (TPSA) is 35.5 Å². The maximum atomic E-state index is 13.5. The van der Waals surface area contributed by atoms with E-state index in [0.717, 1.165) is 48.9 Å². The summed E-state index contributed by atoms with van der Waals surface area (Å²) in [4.78, 5) is 2.37. The van der Waals surface area contributed by atoms with Crippen LogP contribution in [-0.4, -0.2) is 42.6 Å². The molecule has 0 bridgehead atoms. The second kappa shape index (κ2) is 10.1. The number of halogens is 3. The van der Waals surface area contributed by atoms with Gasteiger partial charge in [-0.2, -0.15) is 13.2 Å². The molecule has 0 amide bonds. The van der Waals surface area contributed by atoms with Crippen LogP contribution in [0, 0.1) is 0 Å². The summed E-state index contributed by atoms with van der Waals surface area (Å²) in [5.74, 6) is 0.00821. The van der Waals surface area contributed by atoms with Gasteiger partial charge < -0.3 is 15.3 Å². The zero-order valence-electron chi connectivity index (χ0n) is 22.6. The van der Waals surface area contributed by atoms with Crippen molar-refractivity contribution < 1.29 is 18.3 Å². The second-order valence-corrected chi connectivity index (χ2v) is 11.9. The van der Waals surface area contributed by atoms with Crippen LogP contribution in [0.1, 0.15) is 72.3 Å². The first-order valence-corrected chi connectivity index (χ1v) is 14.7. The zero-order chi connectivity index (χ0) is 27.4. The van der Waals surface area contributed by atoms with E-state index < -0.39 is 12.2 Å². The molecule has 40 heavy (non-hydrogen) atoms. The standard InChI is InChI=1S/C34H35F3N2O/c35-34(36,37)32-16-13-22(20-38-32)24-14-15-25-23-8-2-1-7-21(23)19-28(25)33(24)27-17-18-39(29-10-4-3-9-26(27)29)30-11-5-6-12-31(30)40/h1-4,7-10,14-15,17,22,30-32,38,40H,5-6,11-13,16,18-20H2/t22?,30-,31-,32?/m0/s1. The molecule has 208 valence electrons. The fourth-order valence-electron chi connectivity index (χ4n) is 7.65. The average Bonchev–Trinajstić information content (AvgIpc) is 3.35. The number of alkyl halides is 3. The van der Waals surface area contributed by atoms with Gasteiger partial charge in [-0.25, -0.2) is 0 Å². The number of nitrogens with zero attached hydrogens (tertiary/aromatic N) is 1. The summed E-state index contributed by atoms with van der Waals surface area (Å²) >= 11 is 0. The van der Waals surface area contributed by atoms with Gasteiger partial charge in [-0.1, -0.05) is 73.5 Å². The Labute approximate surface area is 233 Å². The Morgan fingerprint density at radius 1 is 0.825 bits per heavy atom. The van der Waals surface area contributed by atoms with Crippen LogP contribution >= 0.6 is 0 Å². The lowest BCUT2D eigenvalue weighted by molar-refractivity contribution is -0.160. The van der Waals surface area contributed by atoms with Gasteiger partial charge in [0.2, 0.25) is 0 Å². The van der Waals surface area contributed by atoms with E-state index in [9.17, 15) is 18.3 Å². The van der Waals surface area contributed by atoms with Crippen LogP contribution in [0.5, 0.6) is 0 Å². The summed E-state index contributed by atoms with van der Waals surface area (Å²) in [6.45, 7) is 1.03.